The van der Waals surface area contributed by atoms with E-state index in [2.05, 4.69) is 228 Å². The Morgan fingerprint density at radius 1 is 0.328 bits per heavy atom. The van der Waals surface area contributed by atoms with E-state index in [4.69, 9.17) is 0 Å². The Hall–Kier alpha value is -7.42. The molecular weight excluding hydrogens is 701 g/mol. The Bertz CT molecular complexity index is 3110. The van der Waals surface area contributed by atoms with Gasteiger partial charge in [0.05, 0.1) is 27.5 Å². The van der Waals surface area contributed by atoms with Crippen molar-refractivity contribution in [2.75, 3.05) is 0 Å². The van der Waals surface area contributed by atoms with E-state index in [0.29, 0.717) is 0 Å². The quantitative estimate of drug-likeness (QED) is 0.166. The molecule has 0 saturated carbocycles. The number of benzene rings is 9. The maximum absolute atomic E-state index is 2.49. The number of rotatable bonds is 5. The van der Waals surface area contributed by atoms with Crippen molar-refractivity contribution in [1.29, 1.82) is 0 Å². The number of hydrogen-bond donors (Lipinski definition) is 0. The van der Waals surface area contributed by atoms with Gasteiger partial charge < -0.3 is 9.13 Å². The van der Waals surface area contributed by atoms with Gasteiger partial charge in [-0.3, -0.25) is 0 Å². The van der Waals surface area contributed by atoms with E-state index < -0.39 is 5.41 Å². The summed E-state index contributed by atoms with van der Waals surface area (Å²) in [4.78, 5) is 0. The molecule has 58 heavy (non-hydrogen) atoms. The lowest BCUT2D eigenvalue weighted by Crippen LogP contribution is -2.29. The molecule has 0 radical (unpaired) electrons. The molecule has 11 aromatic rings. The zero-order valence-electron chi connectivity index (χ0n) is 32.1. The fraction of sp³-hybridized carbons (Fsp3) is 0.0357. The summed E-state index contributed by atoms with van der Waals surface area (Å²) in [5.74, 6) is 0. The minimum Gasteiger partial charge on any atom is -0.309 e. The molecule has 12 rings (SSSR count). The fourth-order valence-electron chi connectivity index (χ4n) is 10.1. The maximum atomic E-state index is 2.49. The lowest BCUT2D eigenvalue weighted by molar-refractivity contribution is 0.766. The first-order valence-corrected chi connectivity index (χ1v) is 20.2. The molecule has 0 amide bonds. The third-order valence-corrected chi connectivity index (χ3v) is 12.7. The zero-order valence-corrected chi connectivity index (χ0v) is 32.1. The average molecular weight is 739 g/mol. The van der Waals surface area contributed by atoms with Gasteiger partial charge in [-0.15, -0.1) is 0 Å². The van der Waals surface area contributed by atoms with Crippen LogP contribution in [-0.4, -0.2) is 9.13 Å². The molecule has 9 aromatic carbocycles. The molecule has 0 spiro atoms. The van der Waals surface area contributed by atoms with Crippen LogP contribution in [-0.2, 0) is 5.41 Å². The van der Waals surface area contributed by atoms with Gasteiger partial charge >= 0.3 is 0 Å². The molecule has 0 aliphatic heterocycles. The molecule has 1 aliphatic rings. The minimum atomic E-state index is -0.614. The van der Waals surface area contributed by atoms with Crippen LogP contribution in [0.5, 0.6) is 0 Å². The Morgan fingerprint density at radius 2 is 0.690 bits per heavy atom. The first-order valence-electron chi connectivity index (χ1n) is 20.2. The van der Waals surface area contributed by atoms with E-state index in [1.165, 1.54) is 93.7 Å². The van der Waals surface area contributed by atoms with Crippen molar-refractivity contribution in [3.8, 4) is 33.6 Å². The van der Waals surface area contributed by atoms with E-state index in [9.17, 15) is 0 Å². The van der Waals surface area contributed by atoms with Gasteiger partial charge in [0, 0.05) is 32.9 Å². The normalized spacial score (nSPS) is 13.1. The molecule has 272 valence electrons. The van der Waals surface area contributed by atoms with Gasteiger partial charge in [0.15, 0.2) is 0 Å². The molecular formula is C56H38N2. The smallest absolute Gasteiger partial charge is 0.0715 e. The van der Waals surface area contributed by atoms with Crippen molar-refractivity contribution >= 4 is 43.6 Å². The highest BCUT2D eigenvalue weighted by Crippen LogP contribution is 2.57. The Kier molecular flexibility index (Phi) is 7.09. The molecule has 2 heterocycles. The Labute approximate surface area is 337 Å². The lowest BCUT2D eigenvalue weighted by atomic mass is 9.67. The highest BCUT2D eigenvalue weighted by Gasteiger charge is 2.47. The van der Waals surface area contributed by atoms with Gasteiger partial charge in [0.25, 0.3) is 0 Å². The SMILES string of the molecule is Cc1ccc(C2(c3ccc(-c4ccccc4)cc3)c3cc(-n4c5ccccc5c5ccccc54)ccc3-c3ccc(-n4c5ccccc5c5ccccc54)cc32)cc1. The third kappa shape index (κ3) is 4.60. The van der Waals surface area contributed by atoms with Crippen LogP contribution in [0.2, 0.25) is 0 Å². The molecule has 2 heteroatoms. The van der Waals surface area contributed by atoms with Crippen LogP contribution >= 0.6 is 0 Å². The average Bonchev–Trinajstić information content (AvgIpc) is 3.91. The summed E-state index contributed by atoms with van der Waals surface area (Å²) < 4.78 is 4.91. The predicted molar refractivity (Wildman–Crippen MR) is 243 cm³/mol. The second kappa shape index (κ2) is 12.5. The van der Waals surface area contributed by atoms with Crippen molar-refractivity contribution in [3.63, 3.8) is 0 Å². The molecule has 0 atom stereocenters. The fourth-order valence-corrected chi connectivity index (χ4v) is 10.1. The van der Waals surface area contributed by atoms with Gasteiger partial charge in [-0.05, 0) is 100.0 Å². The standard InChI is InChI=1S/C56H38N2/c1-37-23-27-40(28-24-37)56(41-29-25-39(26-30-41)38-13-3-2-4-14-38)50-35-42(57-52-19-9-5-15-46(52)47-16-6-10-20-53(47)57)31-33-44(50)45-34-32-43(36-51(45)56)58-54-21-11-7-17-48(54)49-18-8-12-22-55(49)58/h2-36H,1H3. The number of nitrogens with zero attached hydrogens (tertiary/aromatic N) is 2. The minimum absolute atomic E-state index is 0.614. The van der Waals surface area contributed by atoms with Crippen LogP contribution in [0.3, 0.4) is 0 Å². The summed E-state index contributed by atoms with van der Waals surface area (Å²) in [6.07, 6.45) is 0. The molecule has 0 N–H and O–H groups in total. The van der Waals surface area contributed by atoms with Crippen LogP contribution in [0.15, 0.2) is 212 Å². The second-order valence-electron chi connectivity index (χ2n) is 15.8. The first-order chi connectivity index (χ1) is 28.7. The monoisotopic (exact) mass is 738 g/mol. The van der Waals surface area contributed by atoms with E-state index >= 15 is 0 Å². The molecule has 0 unspecified atom stereocenters. The number of fused-ring (bicyclic) bond motifs is 9. The van der Waals surface area contributed by atoms with Gasteiger partial charge in [0.2, 0.25) is 0 Å². The Morgan fingerprint density at radius 3 is 1.12 bits per heavy atom. The highest BCUT2D eigenvalue weighted by molar-refractivity contribution is 6.10. The molecule has 2 nitrogen and oxygen atoms in total. The molecule has 0 fully saturated rings. The summed E-state index contributed by atoms with van der Waals surface area (Å²) >= 11 is 0. The van der Waals surface area contributed by atoms with Crippen LogP contribution in [0, 0.1) is 6.92 Å². The predicted octanol–water partition coefficient (Wildman–Crippen LogP) is 14.2. The highest BCUT2D eigenvalue weighted by atomic mass is 15.0. The molecule has 0 saturated heterocycles. The second-order valence-corrected chi connectivity index (χ2v) is 15.8. The summed E-state index contributed by atoms with van der Waals surface area (Å²) in [6, 6.07) is 79.0. The van der Waals surface area contributed by atoms with Crippen LogP contribution in [0.4, 0.5) is 0 Å². The van der Waals surface area contributed by atoms with E-state index in [0.717, 1.165) is 11.4 Å². The third-order valence-electron chi connectivity index (χ3n) is 12.7. The van der Waals surface area contributed by atoms with Crippen LogP contribution in [0.25, 0.3) is 77.2 Å². The largest absolute Gasteiger partial charge is 0.309 e. The topological polar surface area (TPSA) is 9.86 Å². The lowest BCUT2D eigenvalue weighted by Gasteiger charge is -2.34. The molecule has 0 bridgehead atoms. The summed E-state index contributed by atoms with van der Waals surface area (Å²) in [5.41, 5.74) is 17.8. The van der Waals surface area contributed by atoms with Crippen LogP contribution < -0.4 is 0 Å². The summed E-state index contributed by atoms with van der Waals surface area (Å²) in [6.45, 7) is 2.18. The van der Waals surface area contributed by atoms with E-state index in [1.54, 1.807) is 0 Å². The van der Waals surface area contributed by atoms with Crippen LogP contribution in [0.1, 0.15) is 27.8 Å². The van der Waals surface area contributed by atoms with Gasteiger partial charge in [-0.1, -0.05) is 169 Å². The van der Waals surface area contributed by atoms with Crippen molar-refractivity contribution in [2.45, 2.75) is 12.3 Å². The van der Waals surface area contributed by atoms with Gasteiger partial charge in [-0.2, -0.15) is 0 Å². The number of para-hydroxylation sites is 4. The molecule has 1 aliphatic carbocycles. The zero-order chi connectivity index (χ0) is 38.4. The van der Waals surface area contributed by atoms with Gasteiger partial charge in [-0.25, -0.2) is 0 Å². The van der Waals surface area contributed by atoms with Crippen molar-refractivity contribution in [2.24, 2.45) is 0 Å². The van der Waals surface area contributed by atoms with Crippen molar-refractivity contribution < 1.29 is 0 Å². The Balaban J connectivity index is 1.18. The summed E-state index contributed by atoms with van der Waals surface area (Å²) in [7, 11) is 0. The van der Waals surface area contributed by atoms with E-state index in [-0.39, 0.29) is 0 Å². The van der Waals surface area contributed by atoms with E-state index in [1.807, 2.05) is 0 Å². The maximum Gasteiger partial charge on any atom is 0.0715 e. The number of hydrogen-bond acceptors (Lipinski definition) is 0. The van der Waals surface area contributed by atoms with Crippen molar-refractivity contribution in [1.82, 2.24) is 9.13 Å². The first kappa shape index (κ1) is 32.8. The number of aromatic nitrogens is 2. The molecule has 2 aromatic heterocycles. The van der Waals surface area contributed by atoms with Gasteiger partial charge in [0.1, 0.15) is 0 Å². The number of aryl methyl sites for hydroxylation is 1. The van der Waals surface area contributed by atoms with Crippen molar-refractivity contribution in [3.05, 3.63) is 240 Å². The summed E-state index contributed by atoms with van der Waals surface area (Å²) in [5, 5.41) is 5.05.